The fourth-order valence-corrected chi connectivity index (χ4v) is 1.72. The summed E-state index contributed by atoms with van der Waals surface area (Å²) < 4.78 is 4.82. The number of nitrogens with two attached hydrogens (primary N) is 1. The molecular weight excluding hydrogens is 258 g/mol. The van der Waals surface area contributed by atoms with Crippen LogP contribution in [0.5, 0.6) is 0 Å². The van der Waals surface area contributed by atoms with E-state index in [1.165, 1.54) is 7.11 Å². The second-order valence-corrected chi connectivity index (χ2v) is 4.89. The Labute approximate surface area is 117 Å². The summed E-state index contributed by atoms with van der Waals surface area (Å²) in [6, 6.07) is 6.24. The lowest BCUT2D eigenvalue weighted by Gasteiger charge is -2.11. The standard InChI is InChI=1S/C14H19N3O3/c1-20-8-12(15)14(19)17-11-6-4-10(5-7-11)16-13(18)9-2-3-9/h4-7,9,12H,2-3,8,15H2,1H3,(H,16,18)(H,17,19). The Morgan fingerprint density at radius 2 is 1.80 bits per heavy atom. The van der Waals surface area contributed by atoms with Crippen molar-refractivity contribution in [3.8, 4) is 0 Å². The lowest BCUT2D eigenvalue weighted by molar-refractivity contribution is -0.118. The molecule has 0 spiro atoms. The molecule has 1 aromatic carbocycles. The van der Waals surface area contributed by atoms with E-state index in [1.54, 1.807) is 24.3 Å². The highest BCUT2D eigenvalue weighted by Gasteiger charge is 2.29. The fraction of sp³-hybridized carbons (Fsp3) is 0.429. The van der Waals surface area contributed by atoms with Gasteiger partial charge in [-0.15, -0.1) is 0 Å². The van der Waals surface area contributed by atoms with Crippen LogP contribution >= 0.6 is 0 Å². The molecule has 20 heavy (non-hydrogen) atoms. The summed E-state index contributed by atoms with van der Waals surface area (Å²) in [5.74, 6) is -0.0769. The van der Waals surface area contributed by atoms with Gasteiger partial charge in [-0.05, 0) is 37.1 Å². The van der Waals surface area contributed by atoms with Crippen molar-refractivity contribution in [1.82, 2.24) is 0 Å². The van der Waals surface area contributed by atoms with Crippen LogP contribution < -0.4 is 16.4 Å². The molecule has 0 bridgehead atoms. The predicted molar refractivity (Wildman–Crippen MR) is 76.3 cm³/mol. The lowest BCUT2D eigenvalue weighted by atomic mass is 10.2. The maximum absolute atomic E-state index is 11.7. The summed E-state index contributed by atoms with van der Waals surface area (Å²) in [4.78, 5) is 23.3. The molecule has 1 fully saturated rings. The van der Waals surface area contributed by atoms with E-state index in [0.29, 0.717) is 5.69 Å². The highest BCUT2D eigenvalue weighted by atomic mass is 16.5. The molecule has 0 heterocycles. The third-order valence-corrected chi connectivity index (χ3v) is 3.05. The van der Waals surface area contributed by atoms with Crippen molar-refractivity contribution in [2.24, 2.45) is 11.7 Å². The van der Waals surface area contributed by atoms with E-state index in [1.807, 2.05) is 0 Å². The van der Waals surface area contributed by atoms with Gasteiger partial charge in [0.25, 0.3) is 0 Å². The Morgan fingerprint density at radius 1 is 1.25 bits per heavy atom. The van der Waals surface area contributed by atoms with Crippen molar-refractivity contribution in [1.29, 1.82) is 0 Å². The van der Waals surface area contributed by atoms with Crippen LogP contribution in [0.15, 0.2) is 24.3 Å². The number of benzene rings is 1. The predicted octanol–water partition coefficient (Wildman–Crippen LogP) is 0.947. The maximum Gasteiger partial charge on any atom is 0.243 e. The van der Waals surface area contributed by atoms with Crippen molar-refractivity contribution in [3.05, 3.63) is 24.3 Å². The maximum atomic E-state index is 11.7. The van der Waals surface area contributed by atoms with Crippen LogP contribution in [0, 0.1) is 5.92 Å². The second-order valence-electron chi connectivity index (χ2n) is 4.89. The van der Waals surface area contributed by atoms with Crippen molar-refractivity contribution in [2.75, 3.05) is 24.4 Å². The fourth-order valence-electron chi connectivity index (χ4n) is 1.72. The summed E-state index contributed by atoms with van der Waals surface area (Å²) >= 11 is 0. The number of hydrogen-bond donors (Lipinski definition) is 3. The van der Waals surface area contributed by atoms with Crippen LogP contribution in [-0.2, 0) is 14.3 Å². The first-order valence-electron chi connectivity index (χ1n) is 6.56. The number of nitrogens with one attached hydrogen (secondary N) is 2. The van der Waals surface area contributed by atoms with E-state index in [9.17, 15) is 9.59 Å². The number of ether oxygens (including phenoxy) is 1. The number of anilines is 2. The SMILES string of the molecule is COCC(N)C(=O)Nc1ccc(NC(=O)C2CC2)cc1. The third kappa shape index (κ3) is 4.04. The van der Waals surface area contributed by atoms with Crippen LogP contribution in [-0.4, -0.2) is 31.6 Å². The first-order chi connectivity index (χ1) is 9.60. The quantitative estimate of drug-likeness (QED) is 0.721. The topological polar surface area (TPSA) is 93.4 Å². The van der Waals surface area contributed by atoms with Crippen LogP contribution in [0.2, 0.25) is 0 Å². The molecule has 1 atom stereocenters. The Balaban J connectivity index is 1.87. The van der Waals surface area contributed by atoms with Gasteiger partial charge in [0.1, 0.15) is 6.04 Å². The van der Waals surface area contributed by atoms with Gasteiger partial charge in [0.15, 0.2) is 0 Å². The van der Waals surface area contributed by atoms with Gasteiger partial charge in [-0.3, -0.25) is 9.59 Å². The van der Waals surface area contributed by atoms with E-state index in [-0.39, 0.29) is 24.3 Å². The smallest absolute Gasteiger partial charge is 0.243 e. The molecule has 1 aliphatic carbocycles. The van der Waals surface area contributed by atoms with Gasteiger partial charge in [0.2, 0.25) is 11.8 Å². The zero-order valence-electron chi connectivity index (χ0n) is 11.4. The highest BCUT2D eigenvalue weighted by Crippen LogP contribution is 2.30. The molecule has 0 aromatic heterocycles. The van der Waals surface area contributed by atoms with E-state index in [2.05, 4.69) is 10.6 Å². The first kappa shape index (κ1) is 14.5. The molecule has 108 valence electrons. The second kappa shape index (κ2) is 6.49. The molecule has 4 N–H and O–H groups in total. The number of rotatable bonds is 6. The van der Waals surface area contributed by atoms with E-state index >= 15 is 0 Å². The highest BCUT2D eigenvalue weighted by molar-refractivity contribution is 5.96. The van der Waals surface area contributed by atoms with Crippen LogP contribution in [0.25, 0.3) is 0 Å². The Morgan fingerprint density at radius 3 is 2.30 bits per heavy atom. The molecule has 2 rings (SSSR count). The van der Waals surface area contributed by atoms with Gasteiger partial charge in [-0.25, -0.2) is 0 Å². The third-order valence-electron chi connectivity index (χ3n) is 3.05. The summed E-state index contributed by atoms with van der Waals surface area (Å²) in [5.41, 5.74) is 6.97. The van der Waals surface area contributed by atoms with Crippen molar-refractivity contribution in [2.45, 2.75) is 18.9 Å². The molecule has 0 aliphatic heterocycles. The van der Waals surface area contributed by atoms with E-state index in [4.69, 9.17) is 10.5 Å². The molecule has 1 aromatic rings. The minimum absolute atomic E-state index is 0.0592. The molecular formula is C14H19N3O3. The number of hydrogen-bond acceptors (Lipinski definition) is 4. The minimum Gasteiger partial charge on any atom is -0.383 e. The molecule has 1 unspecified atom stereocenters. The van der Waals surface area contributed by atoms with Crippen LogP contribution in [0.3, 0.4) is 0 Å². The number of carbonyl (C=O) groups excluding carboxylic acids is 2. The number of carbonyl (C=O) groups is 2. The normalized spacial score (nSPS) is 15.5. The van der Waals surface area contributed by atoms with Crippen LogP contribution in [0.1, 0.15) is 12.8 Å². The zero-order chi connectivity index (χ0) is 14.5. The van der Waals surface area contributed by atoms with Gasteiger partial charge >= 0.3 is 0 Å². The van der Waals surface area contributed by atoms with Gasteiger partial charge in [0.05, 0.1) is 6.61 Å². The average Bonchev–Trinajstić information content (AvgIpc) is 3.25. The Kier molecular flexibility index (Phi) is 4.70. The molecule has 0 saturated heterocycles. The Hall–Kier alpha value is -1.92. The molecule has 1 aliphatic rings. The van der Waals surface area contributed by atoms with E-state index < -0.39 is 6.04 Å². The monoisotopic (exact) mass is 277 g/mol. The van der Waals surface area contributed by atoms with Gasteiger partial charge < -0.3 is 21.1 Å². The largest absolute Gasteiger partial charge is 0.383 e. The van der Waals surface area contributed by atoms with Crippen molar-refractivity contribution < 1.29 is 14.3 Å². The van der Waals surface area contributed by atoms with Gasteiger partial charge in [0, 0.05) is 24.4 Å². The lowest BCUT2D eigenvalue weighted by Crippen LogP contribution is -2.39. The summed E-state index contributed by atoms with van der Waals surface area (Å²) in [6.45, 7) is 0.168. The van der Waals surface area contributed by atoms with E-state index in [0.717, 1.165) is 18.5 Å². The van der Waals surface area contributed by atoms with Gasteiger partial charge in [-0.1, -0.05) is 0 Å². The average molecular weight is 277 g/mol. The van der Waals surface area contributed by atoms with Crippen molar-refractivity contribution >= 4 is 23.2 Å². The molecule has 1 saturated carbocycles. The molecule has 6 heteroatoms. The Bertz CT molecular complexity index is 483. The molecule has 0 radical (unpaired) electrons. The summed E-state index contributed by atoms with van der Waals surface area (Å²) in [6.07, 6.45) is 1.94. The minimum atomic E-state index is -0.700. The van der Waals surface area contributed by atoms with Crippen molar-refractivity contribution in [3.63, 3.8) is 0 Å². The van der Waals surface area contributed by atoms with Gasteiger partial charge in [-0.2, -0.15) is 0 Å². The number of amides is 2. The molecule has 2 amide bonds. The summed E-state index contributed by atoms with van der Waals surface area (Å²) in [5, 5.41) is 5.52. The summed E-state index contributed by atoms with van der Waals surface area (Å²) in [7, 11) is 1.49. The molecule has 6 nitrogen and oxygen atoms in total. The number of methoxy groups -OCH3 is 1. The first-order valence-corrected chi connectivity index (χ1v) is 6.56. The zero-order valence-corrected chi connectivity index (χ0v) is 11.4. The van der Waals surface area contributed by atoms with Crippen LogP contribution in [0.4, 0.5) is 11.4 Å².